The van der Waals surface area contributed by atoms with Crippen LogP contribution in [0.1, 0.15) is 24.7 Å². The van der Waals surface area contributed by atoms with Crippen molar-refractivity contribution in [1.82, 2.24) is 9.55 Å². The Kier molecular flexibility index (Phi) is 4.92. The average molecular weight is 396 g/mol. The summed E-state index contributed by atoms with van der Waals surface area (Å²) in [6, 6.07) is 4.75. The fourth-order valence-electron chi connectivity index (χ4n) is 3.31. The molecule has 2 N–H and O–H groups in total. The first-order valence-electron chi connectivity index (χ1n) is 8.51. The average Bonchev–Trinajstić information content (AvgIpc) is 3.19. The molecule has 10 heteroatoms. The van der Waals surface area contributed by atoms with Crippen LogP contribution >= 0.6 is 0 Å². The number of amides is 2. The molecule has 1 aromatic carbocycles. The molecule has 0 fully saturated rings. The molecule has 1 aliphatic rings. The fraction of sp³-hybridized carbons (Fsp3) is 0.389. The number of rotatable bonds is 4. The summed E-state index contributed by atoms with van der Waals surface area (Å²) in [5.41, 5.74) is -1.61. The Balaban J connectivity index is 1.80. The van der Waals surface area contributed by atoms with E-state index < -0.39 is 29.9 Å². The van der Waals surface area contributed by atoms with Gasteiger partial charge in [0.25, 0.3) is 0 Å². The van der Waals surface area contributed by atoms with Gasteiger partial charge in [-0.15, -0.1) is 0 Å². The number of fused-ring (bicyclic) bond motifs is 1. The zero-order valence-electron chi connectivity index (χ0n) is 15.2. The molecule has 2 amide bonds. The Morgan fingerprint density at radius 3 is 2.61 bits per heavy atom. The largest absolute Gasteiger partial charge is 0.425 e. The zero-order valence-corrected chi connectivity index (χ0v) is 15.2. The van der Waals surface area contributed by atoms with Crippen molar-refractivity contribution in [2.75, 3.05) is 16.8 Å². The van der Waals surface area contributed by atoms with Crippen molar-refractivity contribution in [1.29, 1.82) is 0 Å². The molecule has 0 bridgehead atoms. The first kappa shape index (κ1) is 19.9. The molecule has 0 saturated heterocycles. The van der Waals surface area contributed by atoms with E-state index in [1.165, 1.54) is 26.2 Å². The van der Waals surface area contributed by atoms with Gasteiger partial charge in [0.1, 0.15) is 0 Å². The third-order valence-corrected chi connectivity index (χ3v) is 4.72. The number of anilines is 2. The third kappa shape index (κ3) is 3.47. The zero-order chi connectivity index (χ0) is 20.7. The van der Waals surface area contributed by atoms with Gasteiger partial charge < -0.3 is 19.9 Å². The second-order valence-electron chi connectivity index (χ2n) is 6.71. The molecule has 3 rings (SSSR count). The maximum absolute atomic E-state index is 13.5. The van der Waals surface area contributed by atoms with Crippen molar-refractivity contribution in [2.24, 2.45) is 7.05 Å². The maximum Gasteiger partial charge on any atom is 0.425 e. The quantitative estimate of drug-likeness (QED) is 0.829. The SMILES string of the molecule is CC(=O)N1CCc2cc(NC(=O)CC(O)(c3nccn3C)C(F)(F)F)ccc21. The van der Waals surface area contributed by atoms with E-state index in [2.05, 4.69) is 10.3 Å². The van der Waals surface area contributed by atoms with Crippen LogP contribution in [0.15, 0.2) is 30.6 Å². The standard InChI is InChI=1S/C18H19F3N4O3/c1-11(26)25-7-5-12-9-13(3-4-14(12)25)23-15(27)10-17(28,18(19,20)21)16-22-6-8-24(16)2/h3-4,6,8-9,28H,5,7,10H2,1-2H3,(H,23,27). The van der Waals surface area contributed by atoms with Gasteiger partial charge in [-0.3, -0.25) is 9.59 Å². The van der Waals surface area contributed by atoms with Crippen LogP contribution in [0, 0.1) is 0 Å². The molecular weight excluding hydrogens is 377 g/mol. The van der Waals surface area contributed by atoms with Crippen molar-refractivity contribution in [3.63, 3.8) is 0 Å². The Morgan fingerprint density at radius 2 is 2.04 bits per heavy atom. The summed E-state index contributed by atoms with van der Waals surface area (Å²) in [6.07, 6.45) is -3.38. The molecule has 150 valence electrons. The van der Waals surface area contributed by atoms with Crippen LogP contribution in [0.25, 0.3) is 0 Å². The first-order valence-corrected chi connectivity index (χ1v) is 8.51. The molecule has 2 aromatic rings. The number of carbonyl (C=O) groups excluding carboxylic acids is 2. The maximum atomic E-state index is 13.5. The fourth-order valence-corrected chi connectivity index (χ4v) is 3.31. The number of alkyl halides is 3. The summed E-state index contributed by atoms with van der Waals surface area (Å²) in [6.45, 7) is 1.95. The number of imidazole rings is 1. The van der Waals surface area contributed by atoms with Gasteiger partial charge in [0.05, 0.1) is 6.42 Å². The molecule has 28 heavy (non-hydrogen) atoms. The highest BCUT2D eigenvalue weighted by Gasteiger charge is 2.58. The smallest absolute Gasteiger partial charge is 0.374 e. The number of nitrogens with zero attached hydrogens (tertiary/aromatic N) is 3. The van der Waals surface area contributed by atoms with Crippen molar-refractivity contribution in [2.45, 2.75) is 31.5 Å². The summed E-state index contributed by atoms with van der Waals surface area (Å²) in [5, 5.41) is 12.7. The number of halogens is 3. The number of aliphatic hydroxyl groups is 1. The van der Waals surface area contributed by atoms with Gasteiger partial charge >= 0.3 is 6.18 Å². The Morgan fingerprint density at radius 1 is 1.32 bits per heavy atom. The van der Waals surface area contributed by atoms with E-state index in [4.69, 9.17) is 0 Å². The normalized spacial score (nSPS) is 15.9. The van der Waals surface area contributed by atoms with E-state index in [-0.39, 0.29) is 5.91 Å². The summed E-state index contributed by atoms with van der Waals surface area (Å²) in [5.74, 6) is -1.79. The number of benzene rings is 1. The van der Waals surface area contributed by atoms with E-state index in [0.717, 1.165) is 16.3 Å². The van der Waals surface area contributed by atoms with Gasteiger partial charge in [0.15, 0.2) is 5.82 Å². The minimum atomic E-state index is -5.09. The van der Waals surface area contributed by atoms with Crippen molar-refractivity contribution < 1.29 is 27.9 Å². The third-order valence-electron chi connectivity index (χ3n) is 4.72. The highest BCUT2D eigenvalue weighted by molar-refractivity contribution is 5.95. The lowest BCUT2D eigenvalue weighted by molar-refractivity contribution is -0.270. The number of aryl methyl sites for hydroxylation is 1. The lowest BCUT2D eigenvalue weighted by Gasteiger charge is -2.29. The minimum absolute atomic E-state index is 0.110. The van der Waals surface area contributed by atoms with Crippen LogP contribution in [0.5, 0.6) is 0 Å². The Hall–Kier alpha value is -2.88. The number of aromatic nitrogens is 2. The number of nitrogens with one attached hydrogen (secondary N) is 1. The van der Waals surface area contributed by atoms with E-state index in [9.17, 15) is 27.9 Å². The van der Waals surface area contributed by atoms with Gasteiger partial charge in [-0.05, 0) is 30.2 Å². The van der Waals surface area contributed by atoms with Crippen LogP contribution in [-0.2, 0) is 28.7 Å². The molecule has 0 spiro atoms. The van der Waals surface area contributed by atoms with E-state index in [1.807, 2.05) is 0 Å². The topological polar surface area (TPSA) is 87.5 Å². The predicted octanol–water partition coefficient (Wildman–Crippen LogP) is 2.11. The van der Waals surface area contributed by atoms with Gasteiger partial charge in [0, 0.05) is 44.3 Å². The van der Waals surface area contributed by atoms with Crippen molar-refractivity contribution in [3.05, 3.63) is 42.0 Å². The molecule has 1 unspecified atom stereocenters. The summed E-state index contributed by atoms with van der Waals surface area (Å²) in [7, 11) is 1.30. The van der Waals surface area contributed by atoms with Gasteiger partial charge in [0.2, 0.25) is 17.4 Å². The molecular formula is C18H19F3N4O3. The number of hydrogen-bond donors (Lipinski definition) is 2. The summed E-state index contributed by atoms with van der Waals surface area (Å²) in [4.78, 5) is 29.0. The van der Waals surface area contributed by atoms with Crippen LogP contribution in [-0.4, -0.2) is 39.2 Å². The molecule has 7 nitrogen and oxygen atoms in total. The summed E-state index contributed by atoms with van der Waals surface area (Å²) >= 11 is 0. The lowest BCUT2D eigenvalue weighted by Crippen LogP contribution is -2.46. The van der Waals surface area contributed by atoms with E-state index >= 15 is 0 Å². The summed E-state index contributed by atoms with van der Waals surface area (Å²) < 4.78 is 41.6. The van der Waals surface area contributed by atoms with Crippen LogP contribution in [0.2, 0.25) is 0 Å². The van der Waals surface area contributed by atoms with Gasteiger partial charge in [-0.25, -0.2) is 4.98 Å². The first-order chi connectivity index (χ1) is 13.0. The molecule has 2 heterocycles. The van der Waals surface area contributed by atoms with Gasteiger partial charge in [-0.2, -0.15) is 13.2 Å². The van der Waals surface area contributed by atoms with Crippen LogP contribution < -0.4 is 10.2 Å². The second-order valence-corrected chi connectivity index (χ2v) is 6.71. The molecule has 0 aliphatic carbocycles. The van der Waals surface area contributed by atoms with Crippen LogP contribution in [0.3, 0.4) is 0 Å². The highest BCUT2D eigenvalue weighted by atomic mass is 19.4. The Bertz CT molecular complexity index is 925. The van der Waals surface area contributed by atoms with Crippen molar-refractivity contribution >= 4 is 23.2 Å². The molecule has 0 radical (unpaired) electrons. The Labute approximate surface area is 158 Å². The minimum Gasteiger partial charge on any atom is -0.374 e. The molecule has 0 saturated carbocycles. The predicted molar refractivity (Wildman–Crippen MR) is 94.6 cm³/mol. The van der Waals surface area contributed by atoms with Crippen LogP contribution in [0.4, 0.5) is 24.5 Å². The highest BCUT2D eigenvalue weighted by Crippen LogP contribution is 2.41. The van der Waals surface area contributed by atoms with Crippen molar-refractivity contribution in [3.8, 4) is 0 Å². The molecule has 1 aliphatic heterocycles. The number of carbonyl (C=O) groups is 2. The second kappa shape index (κ2) is 6.93. The molecule has 1 atom stereocenters. The number of hydrogen-bond acceptors (Lipinski definition) is 4. The lowest BCUT2D eigenvalue weighted by atomic mass is 9.97. The monoisotopic (exact) mass is 396 g/mol. The van der Waals surface area contributed by atoms with E-state index in [0.29, 0.717) is 24.3 Å². The van der Waals surface area contributed by atoms with Gasteiger partial charge in [-0.1, -0.05) is 0 Å². The van der Waals surface area contributed by atoms with E-state index in [1.54, 1.807) is 17.0 Å². The molecule has 1 aromatic heterocycles.